The normalized spacial score (nSPS) is 11.4. The minimum Gasteiger partial charge on any atom is -0.370 e. The van der Waals surface area contributed by atoms with Gasteiger partial charge in [0.25, 0.3) is 0 Å². The summed E-state index contributed by atoms with van der Waals surface area (Å²) in [4.78, 5) is 10.2. The highest BCUT2D eigenvalue weighted by molar-refractivity contribution is 7.89. The van der Waals surface area contributed by atoms with Gasteiger partial charge in [-0.3, -0.25) is 4.79 Å². The molecule has 0 heterocycles. The fourth-order valence-corrected chi connectivity index (χ4v) is 1.42. The average molecular weight is 195 g/mol. The lowest BCUT2D eigenvalue weighted by molar-refractivity contribution is -0.117. The summed E-state index contributed by atoms with van der Waals surface area (Å²) in [6.45, 7) is 0.101. The van der Waals surface area contributed by atoms with Gasteiger partial charge < -0.3 is 11.5 Å². The monoisotopic (exact) mass is 195 g/mol. The molecule has 0 radical (unpaired) electrons. The Balaban J connectivity index is 3.69. The zero-order valence-electron chi connectivity index (χ0n) is 6.62. The maximum absolute atomic E-state index is 10.9. The Labute approximate surface area is 71.4 Å². The molecule has 0 aliphatic heterocycles. The summed E-state index contributed by atoms with van der Waals surface area (Å²) in [5, 5.41) is 0. The lowest BCUT2D eigenvalue weighted by Gasteiger charge is -2.02. The molecule has 0 atom stereocenters. The first-order valence-electron chi connectivity index (χ1n) is 3.43. The topological polar surface area (TPSA) is 115 Å². The molecule has 7 heteroatoms. The summed E-state index contributed by atoms with van der Waals surface area (Å²) in [7, 11) is -3.31. The highest BCUT2D eigenvalue weighted by Gasteiger charge is 2.07. The van der Waals surface area contributed by atoms with Crippen LogP contribution in [0.3, 0.4) is 0 Å². The van der Waals surface area contributed by atoms with Crippen molar-refractivity contribution in [3.05, 3.63) is 0 Å². The highest BCUT2D eigenvalue weighted by Crippen LogP contribution is 1.82. The molecule has 0 spiro atoms. The number of primary amides is 1. The van der Waals surface area contributed by atoms with E-state index < -0.39 is 15.9 Å². The lowest BCUT2D eigenvalue weighted by Crippen LogP contribution is -2.32. The van der Waals surface area contributed by atoms with Gasteiger partial charge in [0.15, 0.2) is 0 Å². The van der Waals surface area contributed by atoms with Crippen molar-refractivity contribution in [3.63, 3.8) is 0 Å². The molecular formula is C5H13N3O3S. The van der Waals surface area contributed by atoms with Gasteiger partial charge in [-0.15, -0.1) is 0 Å². The summed E-state index contributed by atoms with van der Waals surface area (Å²) in [6, 6.07) is 0. The molecule has 0 saturated carbocycles. The van der Waals surface area contributed by atoms with Crippen LogP contribution in [0.1, 0.15) is 6.42 Å². The minimum atomic E-state index is -3.31. The second kappa shape index (κ2) is 5.07. The van der Waals surface area contributed by atoms with Gasteiger partial charge in [0.05, 0.1) is 5.75 Å². The van der Waals surface area contributed by atoms with Crippen molar-refractivity contribution < 1.29 is 13.2 Å². The number of hydrogen-bond acceptors (Lipinski definition) is 4. The van der Waals surface area contributed by atoms with Crippen molar-refractivity contribution in [2.24, 2.45) is 11.5 Å². The SMILES string of the molecule is NCCS(=O)(=O)NCCC(N)=O. The summed E-state index contributed by atoms with van der Waals surface area (Å²) in [5.41, 5.74) is 9.83. The smallest absolute Gasteiger partial charge is 0.218 e. The van der Waals surface area contributed by atoms with Crippen LogP contribution < -0.4 is 16.2 Å². The Morgan fingerprint density at radius 1 is 1.42 bits per heavy atom. The van der Waals surface area contributed by atoms with Crippen molar-refractivity contribution in [2.45, 2.75) is 6.42 Å². The fourth-order valence-electron chi connectivity index (χ4n) is 0.557. The molecule has 0 saturated heterocycles. The molecule has 6 nitrogen and oxygen atoms in total. The predicted molar refractivity (Wildman–Crippen MR) is 44.7 cm³/mol. The van der Waals surface area contributed by atoms with Crippen LogP contribution in [-0.2, 0) is 14.8 Å². The molecule has 0 aliphatic rings. The molecule has 0 rings (SSSR count). The Bertz CT molecular complexity index is 236. The maximum atomic E-state index is 10.9. The second-order valence-corrected chi connectivity index (χ2v) is 4.14. The number of nitrogens with two attached hydrogens (primary N) is 2. The van der Waals surface area contributed by atoms with Gasteiger partial charge in [0.2, 0.25) is 15.9 Å². The van der Waals surface area contributed by atoms with Crippen molar-refractivity contribution in [2.75, 3.05) is 18.8 Å². The number of carbonyl (C=O) groups excluding carboxylic acids is 1. The van der Waals surface area contributed by atoms with E-state index in [-0.39, 0.29) is 25.3 Å². The zero-order chi connectivity index (χ0) is 9.61. The second-order valence-electron chi connectivity index (χ2n) is 2.22. The predicted octanol–water partition coefficient (Wildman–Crippen LogP) is -2.26. The number of sulfonamides is 1. The number of amides is 1. The van der Waals surface area contributed by atoms with E-state index in [2.05, 4.69) is 4.72 Å². The molecule has 0 unspecified atom stereocenters. The molecule has 0 bridgehead atoms. The standard InChI is InChI=1S/C5H13N3O3S/c6-2-4-12(10,11)8-3-1-5(7)9/h8H,1-4,6H2,(H2,7,9). The highest BCUT2D eigenvalue weighted by atomic mass is 32.2. The maximum Gasteiger partial charge on any atom is 0.218 e. The van der Waals surface area contributed by atoms with Crippen molar-refractivity contribution in [3.8, 4) is 0 Å². The first-order valence-corrected chi connectivity index (χ1v) is 5.09. The third-order valence-corrected chi connectivity index (χ3v) is 2.50. The average Bonchev–Trinajstić information content (AvgIpc) is 1.85. The van der Waals surface area contributed by atoms with E-state index in [0.717, 1.165) is 0 Å². The van der Waals surface area contributed by atoms with Gasteiger partial charge >= 0.3 is 0 Å². The number of nitrogens with one attached hydrogen (secondary N) is 1. The van der Waals surface area contributed by atoms with Crippen LogP contribution in [0.5, 0.6) is 0 Å². The first-order chi connectivity index (χ1) is 5.48. The molecule has 0 aromatic rings. The van der Waals surface area contributed by atoms with E-state index in [1.54, 1.807) is 0 Å². The zero-order valence-corrected chi connectivity index (χ0v) is 7.43. The van der Waals surface area contributed by atoms with E-state index in [0.29, 0.717) is 0 Å². The molecule has 0 fully saturated rings. The van der Waals surface area contributed by atoms with Crippen molar-refractivity contribution in [1.82, 2.24) is 4.72 Å². The Kier molecular flexibility index (Phi) is 4.79. The van der Waals surface area contributed by atoms with Crippen LogP contribution in [0, 0.1) is 0 Å². The van der Waals surface area contributed by atoms with Crippen molar-refractivity contribution >= 4 is 15.9 Å². The third-order valence-electron chi connectivity index (χ3n) is 1.08. The Morgan fingerprint density at radius 2 is 2.00 bits per heavy atom. The first kappa shape index (κ1) is 11.3. The van der Waals surface area contributed by atoms with E-state index in [1.165, 1.54) is 0 Å². The van der Waals surface area contributed by atoms with E-state index in [4.69, 9.17) is 11.5 Å². The quantitative estimate of drug-likeness (QED) is 0.443. The number of rotatable bonds is 6. The van der Waals surface area contributed by atoms with Gasteiger partial charge in [-0.25, -0.2) is 13.1 Å². The molecule has 5 N–H and O–H groups in total. The molecule has 0 aromatic heterocycles. The van der Waals surface area contributed by atoms with Crippen molar-refractivity contribution in [1.29, 1.82) is 0 Å². The summed E-state index contributed by atoms with van der Waals surface area (Å²) in [5.74, 6) is -0.670. The van der Waals surface area contributed by atoms with Crippen LogP contribution in [0.2, 0.25) is 0 Å². The summed E-state index contributed by atoms with van der Waals surface area (Å²) < 4.78 is 23.9. The van der Waals surface area contributed by atoms with Gasteiger partial charge in [-0.2, -0.15) is 0 Å². The van der Waals surface area contributed by atoms with E-state index in [9.17, 15) is 13.2 Å². The van der Waals surface area contributed by atoms with Gasteiger partial charge in [0.1, 0.15) is 0 Å². The largest absolute Gasteiger partial charge is 0.370 e. The number of hydrogen-bond donors (Lipinski definition) is 3. The Hall–Kier alpha value is -0.660. The Morgan fingerprint density at radius 3 is 2.42 bits per heavy atom. The van der Waals surface area contributed by atoms with Gasteiger partial charge in [0, 0.05) is 19.5 Å². The van der Waals surface area contributed by atoms with E-state index >= 15 is 0 Å². The van der Waals surface area contributed by atoms with Crippen LogP contribution in [0.25, 0.3) is 0 Å². The fraction of sp³-hybridized carbons (Fsp3) is 0.800. The molecular weight excluding hydrogens is 182 g/mol. The van der Waals surface area contributed by atoms with Crippen LogP contribution >= 0.6 is 0 Å². The summed E-state index contributed by atoms with van der Waals surface area (Å²) >= 11 is 0. The van der Waals surface area contributed by atoms with Crippen LogP contribution in [0.4, 0.5) is 0 Å². The molecule has 0 aliphatic carbocycles. The number of carbonyl (C=O) groups is 1. The molecule has 1 amide bonds. The molecule has 12 heavy (non-hydrogen) atoms. The minimum absolute atomic E-state index is 0.00377. The third kappa shape index (κ3) is 6.08. The van der Waals surface area contributed by atoms with Crippen LogP contribution in [0.15, 0.2) is 0 Å². The van der Waals surface area contributed by atoms with E-state index in [1.807, 2.05) is 0 Å². The lowest BCUT2D eigenvalue weighted by atomic mass is 10.4. The summed E-state index contributed by atoms with van der Waals surface area (Å²) in [6.07, 6.45) is 0.00377. The van der Waals surface area contributed by atoms with Gasteiger partial charge in [-0.1, -0.05) is 0 Å². The van der Waals surface area contributed by atoms with Crippen LogP contribution in [-0.4, -0.2) is 33.2 Å². The molecule has 72 valence electrons. The molecule has 0 aromatic carbocycles. The van der Waals surface area contributed by atoms with Gasteiger partial charge in [-0.05, 0) is 0 Å².